The molecule has 0 radical (unpaired) electrons. The summed E-state index contributed by atoms with van der Waals surface area (Å²) in [5, 5.41) is 3.29. The molecule has 1 aliphatic carbocycles. The number of hydrogen-bond donors (Lipinski definition) is 2. The smallest absolute Gasteiger partial charge is 0.244 e. The molecule has 21 heavy (non-hydrogen) atoms. The summed E-state index contributed by atoms with van der Waals surface area (Å²) in [6.07, 6.45) is 1.97. The lowest BCUT2D eigenvalue weighted by atomic mass is 10.2. The van der Waals surface area contributed by atoms with Gasteiger partial charge in [0, 0.05) is 12.6 Å². The van der Waals surface area contributed by atoms with Crippen LogP contribution >= 0.6 is 0 Å². The summed E-state index contributed by atoms with van der Waals surface area (Å²) in [6.45, 7) is 5.78. The highest BCUT2D eigenvalue weighted by molar-refractivity contribution is 7.89. The van der Waals surface area contributed by atoms with Crippen LogP contribution in [0.3, 0.4) is 0 Å². The van der Waals surface area contributed by atoms with Gasteiger partial charge in [-0.05, 0) is 43.0 Å². The molecule has 0 saturated heterocycles. The quantitative estimate of drug-likeness (QED) is 0.719. The predicted molar refractivity (Wildman–Crippen MR) is 82.9 cm³/mol. The first kappa shape index (κ1) is 16.3. The third-order valence-corrected chi connectivity index (χ3v) is 5.22. The van der Waals surface area contributed by atoms with Gasteiger partial charge >= 0.3 is 0 Å². The zero-order valence-corrected chi connectivity index (χ0v) is 13.7. The standard InChI is InChI=1S/C15H24N2O3S/c1-4-7-16-10-12-5-6-15(14(9-12)20-3)21(18,19)17-13-8-11(13)2/h5-6,9,11,13,16-17H,4,7-8,10H2,1-3H3. The van der Waals surface area contributed by atoms with E-state index in [2.05, 4.69) is 17.0 Å². The Morgan fingerprint density at radius 1 is 1.38 bits per heavy atom. The number of ether oxygens (including phenoxy) is 1. The Morgan fingerprint density at radius 3 is 2.67 bits per heavy atom. The molecule has 5 nitrogen and oxygen atoms in total. The third-order valence-electron chi connectivity index (χ3n) is 3.69. The van der Waals surface area contributed by atoms with E-state index in [-0.39, 0.29) is 10.9 Å². The number of hydrogen-bond acceptors (Lipinski definition) is 4. The van der Waals surface area contributed by atoms with Gasteiger partial charge in [-0.25, -0.2) is 13.1 Å². The van der Waals surface area contributed by atoms with E-state index < -0.39 is 10.0 Å². The lowest BCUT2D eigenvalue weighted by Gasteiger charge is -2.12. The fourth-order valence-corrected chi connectivity index (χ4v) is 3.71. The highest BCUT2D eigenvalue weighted by atomic mass is 32.2. The minimum atomic E-state index is -3.51. The topological polar surface area (TPSA) is 67.4 Å². The lowest BCUT2D eigenvalue weighted by molar-refractivity contribution is 0.401. The molecule has 2 unspecified atom stereocenters. The van der Waals surface area contributed by atoms with E-state index in [9.17, 15) is 8.42 Å². The second-order valence-corrected chi connectivity index (χ2v) is 7.29. The molecule has 0 aromatic heterocycles. The van der Waals surface area contributed by atoms with Crippen LogP contribution in [0.1, 0.15) is 32.3 Å². The van der Waals surface area contributed by atoms with Gasteiger partial charge in [-0.3, -0.25) is 0 Å². The zero-order valence-electron chi connectivity index (χ0n) is 12.8. The molecule has 1 aromatic carbocycles. The molecule has 2 N–H and O–H groups in total. The maximum absolute atomic E-state index is 12.4. The summed E-state index contributed by atoms with van der Waals surface area (Å²) in [4.78, 5) is 0.211. The molecule has 0 amide bonds. The van der Waals surface area contributed by atoms with Gasteiger partial charge in [0.1, 0.15) is 10.6 Å². The van der Waals surface area contributed by atoms with E-state index in [0.717, 1.165) is 24.9 Å². The molecule has 0 aliphatic heterocycles. The summed E-state index contributed by atoms with van der Waals surface area (Å²) in [7, 11) is -2.01. The number of sulfonamides is 1. The van der Waals surface area contributed by atoms with Crippen molar-refractivity contribution in [1.29, 1.82) is 0 Å². The Morgan fingerprint density at radius 2 is 2.10 bits per heavy atom. The summed E-state index contributed by atoms with van der Waals surface area (Å²) < 4.78 is 32.7. The van der Waals surface area contributed by atoms with Gasteiger partial charge in [0.25, 0.3) is 0 Å². The average molecular weight is 312 g/mol. The van der Waals surface area contributed by atoms with Crippen molar-refractivity contribution >= 4 is 10.0 Å². The first-order valence-corrected chi connectivity index (χ1v) is 8.86. The van der Waals surface area contributed by atoms with Crippen molar-refractivity contribution in [3.63, 3.8) is 0 Å². The number of methoxy groups -OCH3 is 1. The van der Waals surface area contributed by atoms with E-state index >= 15 is 0 Å². The van der Waals surface area contributed by atoms with Crippen molar-refractivity contribution in [1.82, 2.24) is 10.0 Å². The minimum absolute atomic E-state index is 0.0607. The maximum atomic E-state index is 12.4. The molecule has 0 spiro atoms. The van der Waals surface area contributed by atoms with Crippen molar-refractivity contribution in [3.8, 4) is 5.75 Å². The van der Waals surface area contributed by atoms with Gasteiger partial charge in [0.05, 0.1) is 7.11 Å². The SMILES string of the molecule is CCCNCc1ccc(S(=O)(=O)NC2CC2C)c(OC)c1. The highest BCUT2D eigenvalue weighted by Gasteiger charge is 2.37. The molecule has 1 saturated carbocycles. The first-order valence-electron chi connectivity index (χ1n) is 7.38. The van der Waals surface area contributed by atoms with E-state index in [0.29, 0.717) is 18.2 Å². The van der Waals surface area contributed by atoms with Gasteiger partial charge in [-0.2, -0.15) is 0 Å². The number of nitrogens with one attached hydrogen (secondary N) is 2. The Hall–Kier alpha value is -1.11. The molecule has 1 fully saturated rings. The van der Waals surface area contributed by atoms with E-state index in [1.165, 1.54) is 7.11 Å². The van der Waals surface area contributed by atoms with Crippen LogP contribution in [-0.4, -0.2) is 28.1 Å². The molecule has 118 valence electrons. The zero-order chi connectivity index (χ0) is 15.5. The van der Waals surface area contributed by atoms with Gasteiger partial charge < -0.3 is 10.1 Å². The van der Waals surface area contributed by atoms with Gasteiger partial charge in [-0.15, -0.1) is 0 Å². The lowest BCUT2D eigenvalue weighted by Crippen LogP contribution is -2.27. The van der Waals surface area contributed by atoms with E-state index in [1.54, 1.807) is 12.1 Å². The Kier molecular flexibility index (Phi) is 5.24. The van der Waals surface area contributed by atoms with Gasteiger partial charge in [-0.1, -0.05) is 19.9 Å². The fourth-order valence-electron chi connectivity index (χ4n) is 2.20. The largest absolute Gasteiger partial charge is 0.495 e. The summed E-state index contributed by atoms with van der Waals surface area (Å²) in [6, 6.07) is 5.30. The monoisotopic (exact) mass is 312 g/mol. The molecule has 2 atom stereocenters. The summed E-state index contributed by atoms with van der Waals surface area (Å²) >= 11 is 0. The third kappa shape index (κ3) is 4.18. The van der Waals surface area contributed by atoms with Crippen molar-refractivity contribution in [2.24, 2.45) is 5.92 Å². The van der Waals surface area contributed by atoms with Crippen LogP contribution in [0, 0.1) is 5.92 Å². The summed E-state index contributed by atoms with van der Waals surface area (Å²) in [5.74, 6) is 0.815. The minimum Gasteiger partial charge on any atom is -0.495 e. The van der Waals surface area contributed by atoms with Crippen LogP contribution in [0.2, 0.25) is 0 Å². The van der Waals surface area contributed by atoms with Gasteiger partial charge in [0.15, 0.2) is 0 Å². The average Bonchev–Trinajstić information content (AvgIpc) is 3.13. The molecule has 6 heteroatoms. The fraction of sp³-hybridized carbons (Fsp3) is 0.600. The summed E-state index contributed by atoms with van der Waals surface area (Å²) in [5.41, 5.74) is 1.01. The molecule has 0 heterocycles. The predicted octanol–water partition coefficient (Wildman–Crippen LogP) is 1.88. The van der Waals surface area contributed by atoms with Crippen molar-refractivity contribution < 1.29 is 13.2 Å². The van der Waals surface area contributed by atoms with Crippen LogP contribution in [0.25, 0.3) is 0 Å². The molecular weight excluding hydrogens is 288 g/mol. The van der Waals surface area contributed by atoms with Crippen molar-refractivity contribution in [2.45, 2.75) is 44.2 Å². The Labute approximate surface area is 127 Å². The highest BCUT2D eigenvalue weighted by Crippen LogP contribution is 2.32. The van der Waals surface area contributed by atoms with Crippen LogP contribution in [0.5, 0.6) is 5.75 Å². The molecule has 1 aromatic rings. The first-order chi connectivity index (χ1) is 9.97. The second kappa shape index (κ2) is 6.77. The van der Waals surface area contributed by atoms with Crippen molar-refractivity contribution in [3.05, 3.63) is 23.8 Å². The van der Waals surface area contributed by atoms with E-state index in [1.807, 2.05) is 13.0 Å². The van der Waals surface area contributed by atoms with Crippen LogP contribution < -0.4 is 14.8 Å². The molecule has 1 aliphatic rings. The normalized spacial score (nSPS) is 21.3. The van der Waals surface area contributed by atoms with Crippen molar-refractivity contribution in [2.75, 3.05) is 13.7 Å². The van der Waals surface area contributed by atoms with E-state index in [4.69, 9.17) is 4.74 Å². The van der Waals surface area contributed by atoms with Crippen LogP contribution in [0.4, 0.5) is 0 Å². The maximum Gasteiger partial charge on any atom is 0.244 e. The van der Waals surface area contributed by atoms with Crippen LogP contribution in [-0.2, 0) is 16.6 Å². The number of rotatable bonds is 8. The Bertz CT molecular complexity index is 587. The molecule has 2 rings (SSSR count). The Balaban J connectivity index is 2.15. The van der Waals surface area contributed by atoms with Crippen LogP contribution in [0.15, 0.2) is 23.1 Å². The molecule has 0 bridgehead atoms. The second-order valence-electron chi connectivity index (χ2n) is 5.60. The number of benzene rings is 1. The van der Waals surface area contributed by atoms with Gasteiger partial charge in [0.2, 0.25) is 10.0 Å². The molecular formula is C15H24N2O3S.